The Kier molecular flexibility index (Phi) is 13.5. The summed E-state index contributed by atoms with van der Waals surface area (Å²) in [6, 6.07) is 17.4. The molecule has 0 unspecified atom stereocenters. The number of hydrogen-bond donors (Lipinski definition) is 5. The summed E-state index contributed by atoms with van der Waals surface area (Å²) in [5, 5.41) is 36.7. The number of fused-ring (bicyclic) bond motifs is 1. The number of carbonyl (C=O) groups excluding carboxylic acids is 1. The molecule has 3 aromatic carbocycles. The zero-order chi connectivity index (χ0) is 32.8. The van der Waals surface area contributed by atoms with E-state index in [0.29, 0.717) is 28.2 Å². The lowest BCUT2D eigenvalue weighted by molar-refractivity contribution is 0.0697. The van der Waals surface area contributed by atoms with E-state index >= 15 is 0 Å². The standard InChI is InChI=1S/C27H22N4O4.2C4H11N/c1-16-25(24(15-32)31(30-16)21-12-11-17-5-2-6-18(17)14-21)29-28-23-10-4-9-22(26(23)33)19-7-3-8-20(13-19)27(34)35;2*1-3-5-4-2/h3-4,7-14,28,33H,2,5-6H2,1H3,(H,34,35);2*5H,3-4H2,1-2H3/b29-25+;;. The summed E-state index contributed by atoms with van der Waals surface area (Å²) in [6.07, 6.45) is 3.19. The fraction of sp³-hybridized carbons (Fsp3) is 0.343. The number of carboxylic acids is 1. The lowest BCUT2D eigenvalue weighted by atomic mass is 10.0. The Morgan fingerprint density at radius 1 is 0.933 bits per heavy atom. The molecule has 5 rings (SSSR count). The number of aromatic hydroxyl groups is 1. The maximum Gasteiger partial charge on any atom is 0.335 e. The van der Waals surface area contributed by atoms with Gasteiger partial charge in [0.05, 0.1) is 22.6 Å². The van der Waals surface area contributed by atoms with Crippen LogP contribution in [0.25, 0.3) is 11.1 Å². The Hall–Kier alpha value is -4.76. The molecule has 2 aliphatic rings. The number of anilines is 2. The van der Waals surface area contributed by atoms with Gasteiger partial charge >= 0.3 is 5.97 Å². The summed E-state index contributed by atoms with van der Waals surface area (Å²) in [5.41, 5.74) is 8.62. The van der Waals surface area contributed by atoms with Crippen LogP contribution in [0.5, 0.6) is 5.75 Å². The summed E-state index contributed by atoms with van der Waals surface area (Å²) < 4.78 is 0. The topological polar surface area (TPSA) is 139 Å². The van der Waals surface area contributed by atoms with Gasteiger partial charge in [0.15, 0.2) is 11.6 Å². The van der Waals surface area contributed by atoms with Gasteiger partial charge in [-0.25, -0.2) is 14.6 Å². The Balaban J connectivity index is 0.000000482. The predicted octanol–water partition coefficient (Wildman–Crippen LogP) is 5.86. The first kappa shape index (κ1) is 34.7. The molecule has 5 N–H and O–H groups in total. The van der Waals surface area contributed by atoms with Gasteiger partial charge in [-0.1, -0.05) is 58.0 Å². The number of para-hydroxylation sites is 1. The Labute approximate surface area is 265 Å². The van der Waals surface area contributed by atoms with Crippen molar-refractivity contribution in [3.63, 3.8) is 0 Å². The fourth-order valence-corrected chi connectivity index (χ4v) is 4.92. The summed E-state index contributed by atoms with van der Waals surface area (Å²) in [5.74, 6) is 0.805. The van der Waals surface area contributed by atoms with Crippen molar-refractivity contribution < 1.29 is 19.8 Å². The molecule has 0 fully saturated rings. The van der Waals surface area contributed by atoms with Crippen molar-refractivity contribution in [3.8, 4) is 16.9 Å². The van der Waals surface area contributed by atoms with Crippen LogP contribution in [0, 0.1) is 0 Å². The van der Waals surface area contributed by atoms with Crippen molar-refractivity contribution >= 4 is 34.7 Å². The van der Waals surface area contributed by atoms with E-state index in [1.165, 1.54) is 28.3 Å². The first-order chi connectivity index (χ1) is 21.8. The lowest BCUT2D eigenvalue weighted by Gasteiger charge is -2.15. The van der Waals surface area contributed by atoms with E-state index in [1.54, 1.807) is 37.3 Å². The van der Waals surface area contributed by atoms with Gasteiger partial charge in [-0.2, -0.15) is 10.2 Å². The van der Waals surface area contributed by atoms with Crippen LogP contribution in [0.3, 0.4) is 0 Å². The van der Waals surface area contributed by atoms with E-state index < -0.39 is 5.97 Å². The quantitative estimate of drug-likeness (QED) is 0.115. The first-order valence-corrected chi connectivity index (χ1v) is 15.4. The Morgan fingerprint density at radius 2 is 1.60 bits per heavy atom. The van der Waals surface area contributed by atoms with Gasteiger partial charge in [-0.05, 0) is 99.4 Å². The minimum Gasteiger partial charge on any atom is -0.505 e. The number of benzene rings is 3. The maximum absolute atomic E-state index is 11.9. The molecule has 1 aliphatic heterocycles. The number of nitrogens with zero attached hydrogens (tertiary/aromatic N) is 3. The summed E-state index contributed by atoms with van der Waals surface area (Å²) in [7, 11) is 0. The average molecular weight is 613 g/mol. The van der Waals surface area contributed by atoms with Crippen LogP contribution in [0.2, 0.25) is 0 Å². The molecule has 0 aromatic heterocycles. The fourth-order valence-electron chi connectivity index (χ4n) is 4.92. The number of phenols is 1. The third-order valence-corrected chi connectivity index (χ3v) is 7.20. The number of aromatic carboxylic acids is 1. The van der Waals surface area contributed by atoms with E-state index in [-0.39, 0.29) is 17.0 Å². The van der Waals surface area contributed by atoms with Crippen molar-refractivity contribution in [2.45, 2.75) is 53.9 Å². The number of phenolic OH excluding ortho intramolecular Hbond substituents is 1. The van der Waals surface area contributed by atoms with E-state index in [2.05, 4.69) is 60.0 Å². The van der Waals surface area contributed by atoms with Gasteiger partial charge in [0.1, 0.15) is 11.5 Å². The molecule has 0 atom stereocenters. The van der Waals surface area contributed by atoms with Gasteiger partial charge in [-0.15, -0.1) is 0 Å². The average Bonchev–Trinajstić information content (AvgIpc) is 3.65. The van der Waals surface area contributed by atoms with E-state index in [4.69, 9.17) is 0 Å². The predicted molar refractivity (Wildman–Crippen MR) is 183 cm³/mol. The Morgan fingerprint density at radius 3 is 2.22 bits per heavy atom. The molecule has 0 amide bonds. The zero-order valence-corrected chi connectivity index (χ0v) is 26.8. The van der Waals surface area contributed by atoms with E-state index in [9.17, 15) is 19.8 Å². The van der Waals surface area contributed by atoms with Crippen LogP contribution in [0.15, 0.2) is 76.6 Å². The SMILES string of the molecule is CC1=NN(c2ccc3c(c2)CCC3)C(=C=O)/C1=N/Nc1cccc(-c2cccc(C(=O)O)c2)c1O.CCNCC.CCNCC. The van der Waals surface area contributed by atoms with Gasteiger partial charge in [-0.3, -0.25) is 5.43 Å². The molecule has 0 saturated heterocycles. The monoisotopic (exact) mass is 612 g/mol. The summed E-state index contributed by atoms with van der Waals surface area (Å²) >= 11 is 0. The van der Waals surface area contributed by atoms with Crippen LogP contribution in [-0.2, 0) is 17.6 Å². The third-order valence-electron chi connectivity index (χ3n) is 7.20. The molecule has 3 aromatic rings. The van der Waals surface area contributed by atoms with Gasteiger partial charge in [0, 0.05) is 5.56 Å². The largest absolute Gasteiger partial charge is 0.505 e. The lowest BCUT2D eigenvalue weighted by Crippen LogP contribution is -2.18. The number of rotatable bonds is 9. The third kappa shape index (κ3) is 9.12. The number of carbonyl (C=O) groups is 1. The van der Waals surface area contributed by atoms with Gasteiger partial charge < -0.3 is 20.8 Å². The van der Waals surface area contributed by atoms with Crippen molar-refractivity contribution in [2.75, 3.05) is 36.6 Å². The molecular weight excluding hydrogens is 568 g/mol. The first-order valence-electron chi connectivity index (χ1n) is 15.4. The van der Waals surface area contributed by atoms with Gasteiger partial charge in [0.2, 0.25) is 0 Å². The molecule has 10 heteroatoms. The van der Waals surface area contributed by atoms with Gasteiger partial charge in [0.25, 0.3) is 0 Å². The molecule has 10 nitrogen and oxygen atoms in total. The molecule has 1 aliphatic carbocycles. The van der Waals surface area contributed by atoms with Crippen molar-refractivity contribution in [1.82, 2.24) is 10.6 Å². The van der Waals surface area contributed by atoms with Crippen LogP contribution in [-0.4, -0.2) is 59.7 Å². The molecule has 0 spiro atoms. The van der Waals surface area contributed by atoms with Crippen LogP contribution in [0.4, 0.5) is 11.4 Å². The van der Waals surface area contributed by atoms with E-state index in [1.807, 2.05) is 18.1 Å². The second-order valence-corrected chi connectivity index (χ2v) is 10.3. The van der Waals surface area contributed by atoms with Crippen LogP contribution >= 0.6 is 0 Å². The maximum atomic E-state index is 11.9. The zero-order valence-electron chi connectivity index (χ0n) is 26.8. The smallest absolute Gasteiger partial charge is 0.335 e. The molecule has 0 radical (unpaired) electrons. The normalized spacial score (nSPS) is 14.1. The number of nitrogens with one attached hydrogen (secondary N) is 3. The second kappa shape index (κ2) is 17.5. The second-order valence-electron chi connectivity index (χ2n) is 10.3. The van der Waals surface area contributed by atoms with Crippen molar-refractivity contribution in [3.05, 3.63) is 83.1 Å². The van der Waals surface area contributed by atoms with Crippen molar-refractivity contribution in [1.29, 1.82) is 0 Å². The van der Waals surface area contributed by atoms with E-state index in [0.717, 1.165) is 51.1 Å². The molecule has 238 valence electrons. The van der Waals surface area contributed by atoms with Crippen LogP contribution < -0.4 is 21.1 Å². The summed E-state index contributed by atoms with van der Waals surface area (Å²) in [6.45, 7) is 14.5. The minimum absolute atomic E-state index is 0.0981. The highest BCUT2D eigenvalue weighted by molar-refractivity contribution is 6.52. The number of carboxylic acid groups (broad SMARTS) is 1. The summed E-state index contributed by atoms with van der Waals surface area (Å²) in [4.78, 5) is 23.2. The molecule has 1 heterocycles. The molecule has 0 bridgehead atoms. The highest BCUT2D eigenvalue weighted by Gasteiger charge is 2.29. The highest BCUT2D eigenvalue weighted by atomic mass is 16.4. The highest BCUT2D eigenvalue weighted by Crippen LogP contribution is 2.36. The Bertz CT molecular complexity index is 1570. The number of hydrazone groups is 2. The number of hydrogen-bond acceptors (Lipinski definition) is 9. The number of aryl methyl sites for hydroxylation is 2. The van der Waals surface area contributed by atoms with Crippen LogP contribution in [0.1, 0.15) is 62.5 Å². The number of allylic oxidation sites excluding steroid dienone is 1. The minimum atomic E-state index is -1.05. The van der Waals surface area contributed by atoms with Crippen molar-refractivity contribution in [2.24, 2.45) is 10.2 Å². The molecule has 0 saturated carbocycles. The molecular formula is C35H44N6O4. The molecule has 45 heavy (non-hydrogen) atoms.